The molecule has 0 amide bonds. The maximum absolute atomic E-state index is 11.5. The van der Waals surface area contributed by atoms with E-state index >= 15 is 0 Å². The minimum absolute atomic E-state index is 0.0600. The number of aliphatic hydroxyl groups is 1. The lowest BCUT2D eigenvalue weighted by Gasteiger charge is -2.07. The minimum Gasteiger partial charge on any atom is -0.390 e. The van der Waals surface area contributed by atoms with Crippen LogP contribution >= 0.6 is 0 Å². The molecule has 1 aromatic carbocycles. The van der Waals surface area contributed by atoms with Crippen LogP contribution < -0.4 is 0 Å². The van der Waals surface area contributed by atoms with E-state index in [1.54, 1.807) is 24.3 Å². The van der Waals surface area contributed by atoms with Gasteiger partial charge in [0, 0.05) is 19.1 Å². The Kier molecular flexibility index (Phi) is 4.29. The van der Waals surface area contributed by atoms with Gasteiger partial charge < -0.3 is 9.84 Å². The van der Waals surface area contributed by atoms with E-state index in [-0.39, 0.29) is 18.8 Å². The smallest absolute Gasteiger partial charge is 0.165 e. The molecule has 1 atom stereocenters. The minimum atomic E-state index is -0.715. The average Bonchev–Trinajstić information content (AvgIpc) is 2.19. The monoisotopic (exact) mass is 194 g/mol. The molecule has 0 bridgehead atoms. The Morgan fingerprint density at radius 2 is 2.07 bits per heavy atom. The normalized spacial score (nSPS) is 12.4. The van der Waals surface area contributed by atoms with E-state index in [2.05, 4.69) is 0 Å². The Bertz CT molecular complexity index is 282. The number of aliphatic hydroxyl groups excluding tert-OH is 1. The van der Waals surface area contributed by atoms with Crippen molar-refractivity contribution in [3.05, 3.63) is 35.9 Å². The molecule has 76 valence electrons. The molecule has 0 fully saturated rings. The second-order valence-corrected chi connectivity index (χ2v) is 3.10. The third kappa shape index (κ3) is 3.28. The molecule has 0 aromatic heterocycles. The Labute approximate surface area is 83.3 Å². The van der Waals surface area contributed by atoms with E-state index < -0.39 is 6.10 Å². The van der Waals surface area contributed by atoms with Crippen LogP contribution in [0.2, 0.25) is 0 Å². The molecule has 0 aliphatic heterocycles. The van der Waals surface area contributed by atoms with Gasteiger partial charge in [0.25, 0.3) is 0 Å². The number of hydrogen-bond acceptors (Lipinski definition) is 3. The number of ether oxygens (including phenoxy) is 1. The zero-order chi connectivity index (χ0) is 10.4. The molecule has 14 heavy (non-hydrogen) atoms. The summed E-state index contributed by atoms with van der Waals surface area (Å²) < 4.78 is 4.74. The van der Waals surface area contributed by atoms with Crippen LogP contribution in [0.3, 0.4) is 0 Å². The molecule has 3 nitrogen and oxygen atoms in total. The summed E-state index contributed by atoms with van der Waals surface area (Å²) in [5, 5.41) is 9.34. The maximum Gasteiger partial charge on any atom is 0.165 e. The van der Waals surface area contributed by atoms with Crippen LogP contribution in [0.1, 0.15) is 16.8 Å². The van der Waals surface area contributed by atoms with Gasteiger partial charge in [-0.2, -0.15) is 0 Å². The average molecular weight is 194 g/mol. The Hall–Kier alpha value is -1.19. The van der Waals surface area contributed by atoms with Gasteiger partial charge in [0.05, 0.1) is 12.7 Å². The highest BCUT2D eigenvalue weighted by Gasteiger charge is 2.11. The van der Waals surface area contributed by atoms with Crippen LogP contribution in [-0.4, -0.2) is 30.7 Å². The van der Waals surface area contributed by atoms with Crippen LogP contribution in [0.4, 0.5) is 0 Å². The second kappa shape index (κ2) is 5.52. The zero-order valence-corrected chi connectivity index (χ0v) is 8.14. The van der Waals surface area contributed by atoms with Gasteiger partial charge in [0.1, 0.15) is 0 Å². The molecule has 1 aromatic rings. The highest BCUT2D eigenvalue weighted by atomic mass is 16.5. The highest BCUT2D eigenvalue weighted by molar-refractivity contribution is 5.96. The second-order valence-electron chi connectivity index (χ2n) is 3.10. The summed E-state index contributed by atoms with van der Waals surface area (Å²) in [4.78, 5) is 11.5. The summed E-state index contributed by atoms with van der Waals surface area (Å²) in [6, 6.07) is 8.93. The maximum atomic E-state index is 11.5. The summed E-state index contributed by atoms with van der Waals surface area (Å²) in [6.07, 6.45) is -0.606. The summed E-state index contributed by atoms with van der Waals surface area (Å²) in [5.74, 6) is -0.0600. The predicted octanol–water partition coefficient (Wildman–Crippen LogP) is 1.27. The molecular formula is C11H14O3. The van der Waals surface area contributed by atoms with Crippen LogP contribution in [0.25, 0.3) is 0 Å². The third-order valence-corrected chi connectivity index (χ3v) is 1.88. The van der Waals surface area contributed by atoms with Crippen molar-refractivity contribution in [3.63, 3.8) is 0 Å². The number of hydrogen-bond donors (Lipinski definition) is 1. The van der Waals surface area contributed by atoms with Gasteiger partial charge in [-0.3, -0.25) is 4.79 Å². The summed E-state index contributed by atoms with van der Waals surface area (Å²) in [6.45, 7) is 0.193. The van der Waals surface area contributed by atoms with E-state index in [4.69, 9.17) is 4.74 Å². The number of rotatable bonds is 5. The van der Waals surface area contributed by atoms with E-state index in [1.165, 1.54) is 7.11 Å². The van der Waals surface area contributed by atoms with Crippen molar-refractivity contribution in [2.24, 2.45) is 0 Å². The lowest BCUT2D eigenvalue weighted by Crippen LogP contribution is -2.18. The summed E-state index contributed by atoms with van der Waals surface area (Å²) >= 11 is 0. The predicted molar refractivity (Wildman–Crippen MR) is 53.3 cm³/mol. The van der Waals surface area contributed by atoms with Crippen molar-refractivity contribution >= 4 is 5.78 Å². The first-order valence-corrected chi connectivity index (χ1v) is 4.49. The highest BCUT2D eigenvalue weighted by Crippen LogP contribution is 2.05. The fourth-order valence-electron chi connectivity index (χ4n) is 1.21. The van der Waals surface area contributed by atoms with Gasteiger partial charge >= 0.3 is 0 Å². The van der Waals surface area contributed by atoms with Crippen molar-refractivity contribution in [1.82, 2.24) is 0 Å². The van der Waals surface area contributed by atoms with E-state index in [0.29, 0.717) is 5.56 Å². The third-order valence-electron chi connectivity index (χ3n) is 1.88. The Balaban J connectivity index is 2.51. The molecular weight excluding hydrogens is 180 g/mol. The number of benzene rings is 1. The largest absolute Gasteiger partial charge is 0.390 e. The molecule has 0 radical (unpaired) electrons. The molecule has 0 saturated carbocycles. The number of Topliss-reactive ketones (excluding diaryl/α,β-unsaturated/α-hetero) is 1. The first kappa shape index (κ1) is 10.9. The van der Waals surface area contributed by atoms with Gasteiger partial charge in [0.15, 0.2) is 5.78 Å². The summed E-state index contributed by atoms with van der Waals surface area (Å²) in [7, 11) is 1.50. The molecule has 0 aliphatic rings. The number of carbonyl (C=O) groups excluding carboxylic acids is 1. The van der Waals surface area contributed by atoms with Crippen LogP contribution in [0, 0.1) is 0 Å². The zero-order valence-electron chi connectivity index (χ0n) is 8.14. The summed E-state index contributed by atoms with van der Waals surface area (Å²) in [5.41, 5.74) is 0.627. The number of carbonyl (C=O) groups is 1. The van der Waals surface area contributed by atoms with Gasteiger partial charge in [0.2, 0.25) is 0 Å². The van der Waals surface area contributed by atoms with Gasteiger partial charge in [-0.25, -0.2) is 0 Å². The molecule has 3 heteroatoms. The van der Waals surface area contributed by atoms with Gasteiger partial charge in [-0.1, -0.05) is 30.3 Å². The Morgan fingerprint density at radius 3 is 2.64 bits per heavy atom. The van der Waals surface area contributed by atoms with Crippen molar-refractivity contribution < 1.29 is 14.6 Å². The molecule has 1 rings (SSSR count). The van der Waals surface area contributed by atoms with Crippen molar-refractivity contribution in [2.45, 2.75) is 12.5 Å². The van der Waals surface area contributed by atoms with Crippen molar-refractivity contribution in [3.8, 4) is 0 Å². The van der Waals surface area contributed by atoms with Crippen LogP contribution in [-0.2, 0) is 4.74 Å². The SMILES string of the molecule is COCC(O)CC(=O)c1ccccc1. The van der Waals surface area contributed by atoms with Gasteiger partial charge in [-0.15, -0.1) is 0 Å². The lowest BCUT2D eigenvalue weighted by molar-refractivity contribution is 0.0535. The molecule has 1 N–H and O–H groups in total. The van der Waals surface area contributed by atoms with Crippen LogP contribution in [0.15, 0.2) is 30.3 Å². The molecule has 1 unspecified atom stereocenters. The molecule has 0 heterocycles. The quantitative estimate of drug-likeness (QED) is 0.718. The fraction of sp³-hybridized carbons (Fsp3) is 0.364. The lowest BCUT2D eigenvalue weighted by atomic mass is 10.1. The van der Waals surface area contributed by atoms with Crippen LogP contribution in [0.5, 0.6) is 0 Å². The number of ketones is 1. The number of methoxy groups -OCH3 is 1. The first-order valence-electron chi connectivity index (χ1n) is 4.49. The van der Waals surface area contributed by atoms with E-state index in [9.17, 15) is 9.90 Å². The van der Waals surface area contributed by atoms with E-state index in [0.717, 1.165) is 0 Å². The first-order chi connectivity index (χ1) is 6.74. The standard InChI is InChI=1S/C11H14O3/c1-14-8-10(12)7-11(13)9-5-3-2-4-6-9/h2-6,10,12H,7-8H2,1H3. The van der Waals surface area contributed by atoms with E-state index in [1.807, 2.05) is 6.07 Å². The topological polar surface area (TPSA) is 46.5 Å². The molecule has 0 spiro atoms. The van der Waals surface area contributed by atoms with Gasteiger partial charge in [-0.05, 0) is 0 Å². The molecule has 0 aliphatic carbocycles. The fourth-order valence-corrected chi connectivity index (χ4v) is 1.21. The Morgan fingerprint density at radius 1 is 1.43 bits per heavy atom. The van der Waals surface area contributed by atoms with Crippen molar-refractivity contribution in [2.75, 3.05) is 13.7 Å². The molecule has 0 saturated heterocycles. The van der Waals surface area contributed by atoms with Crippen molar-refractivity contribution in [1.29, 1.82) is 0 Å².